The average molecular weight is 405 g/mol. The number of ether oxygens (including phenoxy) is 1. The van der Waals surface area contributed by atoms with Gasteiger partial charge in [-0.05, 0) is 18.2 Å². The standard InChI is InChI=1S/C21H23N7O2/c1-3-19(29)24-16-6-4-5-15(11-16)20-18(28-7-9-30-10-8-28)13-22-21(26-20)25-17-12-23-27(2)14-17/h3-6,11-14H,1,7-10H2,2H3,(H,24,29)(H,22,25,26). The van der Waals surface area contributed by atoms with Crippen molar-refractivity contribution in [3.63, 3.8) is 0 Å². The molecule has 0 saturated carbocycles. The average Bonchev–Trinajstić information content (AvgIpc) is 3.19. The third-order valence-corrected chi connectivity index (χ3v) is 4.67. The van der Waals surface area contributed by atoms with Crippen LogP contribution in [0.25, 0.3) is 11.3 Å². The highest BCUT2D eigenvalue weighted by molar-refractivity contribution is 5.99. The van der Waals surface area contributed by atoms with Crippen molar-refractivity contribution < 1.29 is 9.53 Å². The maximum absolute atomic E-state index is 11.7. The smallest absolute Gasteiger partial charge is 0.247 e. The molecule has 0 aliphatic carbocycles. The summed E-state index contributed by atoms with van der Waals surface area (Å²) in [6.07, 6.45) is 6.63. The van der Waals surface area contributed by atoms with Crippen molar-refractivity contribution in [2.75, 3.05) is 41.8 Å². The summed E-state index contributed by atoms with van der Waals surface area (Å²) in [6, 6.07) is 7.56. The number of aromatic nitrogens is 4. The summed E-state index contributed by atoms with van der Waals surface area (Å²) in [4.78, 5) is 23.2. The first-order valence-corrected chi connectivity index (χ1v) is 9.61. The van der Waals surface area contributed by atoms with Gasteiger partial charge in [0.2, 0.25) is 11.9 Å². The predicted octanol–water partition coefficient (Wildman–Crippen LogP) is 2.58. The van der Waals surface area contributed by atoms with E-state index in [-0.39, 0.29) is 5.91 Å². The van der Waals surface area contributed by atoms with Crippen LogP contribution < -0.4 is 15.5 Å². The molecular weight excluding hydrogens is 382 g/mol. The molecule has 4 rings (SSSR count). The number of anilines is 4. The van der Waals surface area contributed by atoms with E-state index >= 15 is 0 Å². The molecule has 1 aromatic carbocycles. The molecule has 9 heteroatoms. The minimum Gasteiger partial charge on any atom is -0.378 e. The number of nitrogens with one attached hydrogen (secondary N) is 2. The van der Waals surface area contributed by atoms with Gasteiger partial charge >= 0.3 is 0 Å². The van der Waals surface area contributed by atoms with E-state index in [0.717, 1.165) is 35.7 Å². The van der Waals surface area contributed by atoms with E-state index in [0.29, 0.717) is 24.8 Å². The first-order valence-electron chi connectivity index (χ1n) is 9.61. The minimum absolute atomic E-state index is 0.262. The predicted molar refractivity (Wildman–Crippen MR) is 116 cm³/mol. The number of morpholine rings is 1. The van der Waals surface area contributed by atoms with Crippen molar-refractivity contribution >= 4 is 28.9 Å². The van der Waals surface area contributed by atoms with E-state index in [4.69, 9.17) is 9.72 Å². The Morgan fingerprint density at radius 3 is 2.80 bits per heavy atom. The monoisotopic (exact) mass is 405 g/mol. The Morgan fingerprint density at radius 2 is 2.07 bits per heavy atom. The highest BCUT2D eigenvalue weighted by Crippen LogP contribution is 2.32. The van der Waals surface area contributed by atoms with Crippen LogP contribution in [-0.2, 0) is 16.6 Å². The van der Waals surface area contributed by atoms with Crippen LogP contribution in [0.5, 0.6) is 0 Å². The molecule has 0 radical (unpaired) electrons. The van der Waals surface area contributed by atoms with Gasteiger partial charge < -0.3 is 20.3 Å². The molecule has 0 unspecified atom stereocenters. The summed E-state index contributed by atoms with van der Waals surface area (Å²) >= 11 is 0. The first kappa shape index (κ1) is 19.6. The van der Waals surface area contributed by atoms with Gasteiger partial charge in [0, 0.05) is 37.6 Å². The molecule has 154 valence electrons. The quantitative estimate of drug-likeness (QED) is 0.609. The van der Waals surface area contributed by atoms with Gasteiger partial charge in [0.25, 0.3) is 0 Å². The minimum atomic E-state index is -0.262. The zero-order chi connectivity index (χ0) is 20.9. The zero-order valence-electron chi connectivity index (χ0n) is 16.7. The molecule has 30 heavy (non-hydrogen) atoms. The second-order valence-corrected chi connectivity index (χ2v) is 6.83. The second-order valence-electron chi connectivity index (χ2n) is 6.83. The summed E-state index contributed by atoms with van der Waals surface area (Å²) in [7, 11) is 1.85. The molecule has 1 fully saturated rings. The normalized spacial score (nSPS) is 13.7. The largest absolute Gasteiger partial charge is 0.378 e. The summed E-state index contributed by atoms with van der Waals surface area (Å²) < 4.78 is 7.19. The van der Waals surface area contributed by atoms with E-state index < -0.39 is 0 Å². The molecular formula is C21H23N7O2. The molecule has 0 bridgehead atoms. The first-order chi connectivity index (χ1) is 14.6. The second kappa shape index (κ2) is 8.75. The van der Waals surface area contributed by atoms with Crippen LogP contribution in [0, 0.1) is 0 Å². The topological polar surface area (TPSA) is 97.2 Å². The molecule has 1 aliphatic heterocycles. The maximum atomic E-state index is 11.7. The van der Waals surface area contributed by atoms with Gasteiger partial charge in [-0.15, -0.1) is 0 Å². The lowest BCUT2D eigenvalue weighted by molar-refractivity contribution is -0.111. The van der Waals surface area contributed by atoms with Crippen molar-refractivity contribution in [2.24, 2.45) is 7.05 Å². The molecule has 1 amide bonds. The highest BCUT2D eigenvalue weighted by atomic mass is 16.5. The Hall–Kier alpha value is -3.72. The van der Waals surface area contributed by atoms with Crippen LogP contribution >= 0.6 is 0 Å². The van der Waals surface area contributed by atoms with Gasteiger partial charge in [0.05, 0.1) is 42.7 Å². The summed E-state index contributed by atoms with van der Waals surface area (Å²) in [5.41, 5.74) is 4.03. The summed E-state index contributed by atoms with van der Waals surface area (Å²) in [5.74, 6) is 0.206. The number of carbonyl (C=O) groups is 1. The Kier molecular flexibility index (Phi) is 5.71. The highest BCUT2D eigenvalue weighted by Gasteiger charge is 2.19. The van der Waals surface area contributed by atoms with Gasteiger partial charge in [0.1, 0.15) is 0 Å². The number of aryl methyl sites for hydroxylation is 1. The molecule has 2 N–H and O–H groups in total. The van der Waals surface area contributed by atoms with Crippen LogP contribution in [0.15, 0.2) is 55.5 Å². The van der Waals surface area contributed by atoms with Crippen molar-refractivity contribution in [1.29, 1.82) is 0 Å². The maximum Gasteiger partial charge on any atom is 0.247 e. The van der Waals surface area contributed by atoms with Crippen LogP contribution in [0.4, 0.5) is 23.0 Å². The molecule has 0 atom stereocenters. The van der Waals surface area contributed by atoms with Crippen molar-refractivity contribution in [1.82, 2.24) is 19.7 Å². The molecule has 2 aromatic heterocycles. The molecule has 9 nitrogen and oxygen atoms in total. The lowest BCUT2D eigenvalue weighted by Crippen LogP contribution is -2.36. The lowest BCUT2D eigenvalue weighted by Gasteiger charge is -2.30. The van der Waals surface area contributed by atoms with E-state index in [2.05, 4.69) is 32.2 Å². The van der Waals surface area contributed by atoms with Crippen molar-refractivity contribution in [2.45, 2.75) is 0 Å². The summed E-state index contributed by atoms with van der Waals surface area (Å²) in [6.45, 7) is 6.34. The van der Waals surface area contributed by atoms with Gasteiger partial charge in [-0.2, -0.15) is 5.10 Å². The van der Waals surface area contributed by atoms with E-state index in [9.17, 15) is 4.79 Å². The third kappa shape index (κ3) is 4.47. The number of carbonyl (C=O) groups excluding carboxylic acids is 1. The van der Waals surface area contributed by atoms with Crippen LogP contribution in [0.3, 0.4) is 0 Å². The Labute approximate surface area is 174 Å². The fourth-order valence-electron chi connectivity index (χ4n) is 3.24. The Bertz CT molecular complexity index is 1060. The number of rotatable bonds is 6. The van der Waals surface area contributed by atoms with Crippen molar-refractivity contribution in [3.05, 3.63) is 55.5 Å². The van der Waals surface area contributed by atoms with Gasteiger partial charge in [0.15, 0.2) is 0 Å². The number of benzene rings is 1. The van der Waals surface area contributed by atoms with Gasteiger partial charge in [-0.25, -0.2) is 9.97 Å². The molecule has 1 aliphatic rings. The van der Waals surface area contributed by atoms with Crippen LogP contribution in [0.1, 0.15) is 0 Å². The Balaban J connectivity index is 1.72. The van der Waals surface area contributed by atoms with E-state index in [1.165, 1.54) is 6.08 Å². The van der Waals surface area contributed by atoms with Crippen molar-refractivity contribution in [3.8, 4) is 11.3 Å². The zero-order valence-corrected chi connectivity index (χ0v) is 16.7. The van der Waals surface area contributed by atoms with E-state index in [1.54, 1.807) is 10.9 Å². The SMILES string of the molecule is C=CC(=O)Nc1cccc(-c2nc(Nc3cnn(C)c3)ncc2N2CCOCC2)c1. The molecule has 1 saturated heterocycles. The Morgan fingerprint density at radius 1 is 1.23 bits per heavy atom. The lowest BCUT2D eigenvalue weighted by atomic mass is 10.1. The van der Waals surface area contributed by atoms with E-state index in [1.807, 2.05) is 43.7 Å². The van der Waals surface area contributed by atoms with Gasteiger partial charge in [-0.3, -0.25) is 9.48 Å². The molecule has 0 spiro atoms. The van der Waals surface area contributed by atoms with Gasteiger partial charge in [-0.1, -0.05) is 18.7 Å². The third-order valence-electron chi connectivity index (χ3n) is 4.67. The summed E-state index contributed by atoms with van der Waals surface area (Å²) in [5, 5.41) is 10.1. The number of hydrogen-bond donors (Lipinski definition) is 2. The fourth-order valence-corrected chi connectivity index (χ4v) is 3.24. The molecule has 3 heterocycles. The molecule has 3 aromatic rings. The number of nitrogens with zero attached hydrogens (tertiary/aromatic N) is 5. The number of hydrogen-bond acceptors (Lipinski definition) is 7. The fraction of sp³-hybridized carbons (Fsp3) is 0.238. The van der Waals surface area contributed by atoms with Crippen LogP contribution in [0.2, 0.25) is 0 Å². The van der Waals surface area contributed by atoms with Crippen LogP contribution in [-0.4, -0.2) is 52.0 Å². The number of amides is 1.